The Morgan fingerprint density at radius 3 is 2.80 bits per heavy atom. The smallest absolute Gasteiger partial charge is 0.133 e. The Labute approximate surface area is 95.1 Å². The number of fused-ring (bicyclic) bond motifs is 1. The maximum atomic E-state index is 6.17. The summed E-state index contributed by atoms with van der Waals surface area (Å²) in [6.45, 7) is 4.34. The lowest BCUT2D eigenvalue weighted by Gasteiger charge is -2.11. The maximum Gasteiger partial charge on any atom is 0.133 e. The molecule has 2 heteroatoms. The maximum absolute atomic E-state index is 6.17. The first-order valence-corrected chi connectivity index (χ1v) is 5.65. The SMILES string of the molecule is CC[C@@H](C)c1cc2ccccc2nc1Cl. The van der Waals surface area contributed by atoms with Crippen LogP contribution in [0.3, 0.4) is 0 Å². The summed E-state index contributed by atoms with van der Waals surface area (Å²) in [6.07, 6.45) is 1.08. The van der Waals surface area contributed by atoms with Crippen LogP contribution in [0.25, 0.3) is 10.9 Å². The minimum absolute atomic E-state index is 0.467. The number of rotatable bonds is 2. The van der Waals surface area contributed by atoms with Gasteiger partial charge in [-0.3, -0.25) is 0 Å². The van der Waals surface area contributed by atoms with Crippen LogP contribution in [0.1, 0.15) is 31.7 Å². The van der Waals surface area contributed by atoms with Crippen LogP contribution < -0.4 is 0 Å². The van der Waals surface area contributed by atoms with Crippen molar-refractivity contribution in [2.24, 2.45) is 0 Å². The van der Waals surface area contributed by atoms with Crippen molar-refractivity contribution in [3.05, 3.63) is 41.0 Å². The largest absolute Gasteiger partial charge is 0.236 e. The van der Waals surface area contributed by atoms with E-state index in [9.17, 15) is 0 Å². The van der Waals surface area contributed by atoms with Gasteiger partial charge in [0.15, 0.2) is 0 Å². The highest BCUT2D eigenvalue weighted by Crippen LogP contribution is 2.28. The van der Waals surface area contributed by atoms with Gasteiger partial charge in [0.1, 0.15) is 5.15 Å². The molecule has 0 radical (unpaired) electrons. The van der Waals surface area contributed by atoms with Gasteiger partial charge in [0.05, 0.1) is 5.52 Å². The molecule has 0 aliphatic heterocycles. The van der Waals surface area contributed by atoms with E-state index in [1.54, 1.807) is 0 Å². The summed E-state index contributed by atoms with van der Waals surface area (Å²) in [4.78, 5) is 4.41. The number of pyridine rings is 1. The third-order valence-corrected chi connectivity index (χ3v) is 3.15. The van der Waals surface area contributed by atoms with Gasteiger partial charge in [-0.05, 0) is 30.0 Å². The third-order valence-electron chi connectivity index (χ3n) is 2.85. The van der Waals surface area contributed by atoms with Crippen LogP contribution in [0.4, 0.5) is 0 Å². The first-order valence-electron chi connectivity index (χ1n) is 5.27. The van der Waals surface area contributed by atoms with Crippen molar-refractivity contribution in [3.8, 4) is 0 Å². The molecule has 1 aromatic heterocycles. The predicted molar refractivity (Wildman–Crippen MR) is 65.5 cm³/mol. The first kappa shape index (κ1) is 10.4. The van der Waals surface area contributed by atoms with E-state index in [4.69, 9.17) is 11.6 Å². The molecule has 1 heterocycles. The van der Waals surface area contributed by atoms with Crippen molar-refractivity contribution in [1.82, 2.24) is 4.98 Å². The molecule has 78 valence electrons. The molecule has 0 fully saturated rings. The second kappa shape index (κ2) is 4.19. The van der Waals surface area contributed by atoms with Crippen molar-refractivity contribution in [2.75, 3.05) is 0 Å². The Hall–Kier alpha value is -1.08. The number of hydrogen-bond acceptors (Lipinski definition) is 1. The van der Waals surface area contributed by atoms with E-state index >= 15 is 0 Å². The molecule has 0 aliphatic rings. The van der Waals surface area contributed by atoms with E-state index < -0.39 is 0 Å². The Morgan fingerprint density at radius 1 is 1.33 bits per heavy atom. The summed E-state index contributed by atoms with van der Waals surface area (Å²) in [7, 11) is 0. The van der Waals surface area contributed by atoms with Crippen LogP contribution in [-0.4, -0.2) is 4.98 Å². The number of nitrogens with zero attached hydrogens (tertiary/aromatic N) is 1. The van der Waals surface area contributed by atoms with E-state index in [-0.39, 0.29) is 0 Å². The standard InChI is InChI=1S/C13H14ClN/c1-3-9(2)11-8-10-6-4-5-7-12(10)15-13(11)14/h4-9H,3H2,1-2H3/t9-/m1/s1. The van der Waals surface area contributed by atoms with Gasteiger partial charge >= 0.3 is 0 Å². The molecule has 0 aliphatic carbocycles. The third kappa shape index (κ3) is 1.98. The summed E-state index contributed by atoms with van der Waals surface area (Å²) in [6, 6.07) is 10.2. The molecule has 0 saturated carbocycles. The second-order valence-electron chi connectivity index (χ2n) is 3.87. The molecule has 0 N–H and O–H groups in total. The number of aromatic nitrogens is 1. The highest BCUT2D eigenvalue weighted by Gasteiger charge is 2.10. The quantitative estimate of drug-likeness (QED) is 0.683. The van der Waals surface area contributed by atoms with Crippen LogP contribution in [0.2, 0.25) is 5.15 Å². The van der Waals surface area contributed by atoms with Gasteiger partial charge in [-0.2, -0.15) is 0 Å². The van der Waals surface area contributed by atoms with Gasteiger partial charge in [-0.15, -0.1) is 0 Å². The zero-order valence-corrected chi connectivity index (χ0v) is 9.75. The Kier molecular flexibility index (Phi) is 2.92. The summed E-state index contributed by atoms with van der Waals surface area (Å²) in [5.74, 6) is 0.467. The fourth-order valence-electron chi connectivity index (χ4n) is 1.67. The van der Waals surface area contributed by atoms with Crippen molar-refractivity contribution in [1.29, 1.82) is 0 Å². The van der Waals surface area contributed by atoms with E-state index in [1.165, 1.54) is 0 Å². The lowest BCUT2D eigenvalue weighted by Crippen LogP contribution is -1.95. The minimum Gasteiger partial charge on any atom is -0.236 e. The molecule has 0 saturated heterocycles. The number of para-hydroxylation sites is 1. The van der Waals surface area contributed by atoms with Crippen LogP contribution >= 0.6 is 11.6 Å². The highest BCUT2D eigenvalue weighted by atomic mass is 35.5. The second-order valence-corrected chi connectivity index (χ2v) is 4.23. The van der Waals surface area contributed by atoms with Gasteiger partial charge in [0, 0.05) is 5.39 Å². The van der Waals surface area contributed by atoms with Crippen LogP contribution in [0.15, 0.2) is 30.3 Å². The molecular formula is C13H14ClN. The monoisotopic (exact) mass is 219 g/mol. The topological polar surface area (TPSA) is 12.9 Å². The zero-order chi connectivity index (χ0) is 10.8. The molecule has 2 aromatic rings. The van der Waals surface area contributed by atoms with Gasteiger partial charge in [0.25, 0.3) is 0 Å². The molecule has 2 rings (SSSR count). The van der Waals surface area contributed by atoms with Gasteiger partial charge < -0.3 is 0 Å². The fourth-order valence-corrected chi connectivity index (χ4v) is 2.01. The van der Waals surface area contributed by atoms with Crippen LogP contribution in [0.5, 0.6) is 0 Å². The first-order chi connectivity index (χ1) is 7.22. The average molecular weight is 220 g/mol. The summed E-state index contributed by atoms with van der Waals surface area (Å²) in [5.41, 5.74) is 2.12. The molecule has 0 spiro atoms. The zero-order valence-electron chi connectivity index (χ0n) is 9.00. The molecular weight excluding hydrogens is 206 g/mol. The summed E-state index contributed by atoms with van der Waals surface area (Å²) in [5, 5.41) is 1.81. The van der Waals surface area contributed by atoms with Crippen LogP contribution in [-0.2, 0) is 0 Å². The normalized spacial score (nSPS) is 13.0. The van der Waals surface area contributed by atoms with E-state index in [1.807, 2.05) is 18.2 Å². The molecule has 15 heavy (non-hydrogen) atoms. The fraction of sp³-hybridized carbons (Fsp3) is 0.308. The predicted octanol–water partition coefficient (Wildman–Crippen LogP) is 4.40. The van der Waals surface area contributed by atoms with Crippen molar-refractivity contribution >= 4 is 22.5 Å². The average Bonchev–Trinajstić information content (AvgIpc) is 2.27. The Balaban J connectivity index is 2.61. The minimum atomic E-state index is 0.467. The number of halogens is 1. The highest BCUT2D eigenvalue weighted by molar-refractivity contribution is 6.30. The Morgan fingerprint density at radius 2 is 2.07 bits per heavy atom. The Bertz CT molecular complexity index is 479. The lowest BCUT2D eigenvalue weighted by molar-refractivity contribution is 0.732. The molecule has 0 amide bonds. The van der Waals surface area contributed by atoms with Crippen molar-refractivity contribution in [3.63, 3.8) is 0 Å². The van der Waals surface area contributed by atoms with E-state index in [2.05, 4.69) is 31.0 Å². The molecule has 1 nitrogen and oxygen atoms in total. The number of hydrogen-bond donors (Lipinski definition) is 0. The van der Waals surface area contributed by atoms with Crippen molar-refractivity contribution < 1.29 is 0 Å². The molecule has 1 aromatic carbocycles. The van der Waals surface area contributed by atoms with Crippen LogP contribution in [0, 0.1) is 0 Å². The lowest BCUT2D eigenvalue weighted by atomic mass is 9.99. The van der Waals surface area contributed by atoms with E-state index in [0.717, 1.165) is 22.9 Å². The van der Waals surface area contributed by atoms with Gasteiger partial charge in [-0.1, -0.05) is 43.6 Å². The number of benzene rings is 1. The molecule has 0 bridgehead atoms. The summed E-state index contributed by atoms with van der Waals surface area (Å²) >= 11 is 6.17. The van der Waals surface area contributed by atoms with Gasteiger partial charge in [0.2, 0.25) is 0 Å². The van der Waals surface area contributed by atoms with E-state index in [0.29, 0.717) is 11.1 Å². The molecule has 0 unspecified atom stereocenters. The summed E-state index contributed by atoms with van der Waals surface area (Å²) < 4.78 is 0. The molecule has 1 atom stereocenters. The van der Waals surface area contributed by atoms with Gasteiger partial charge in [-0.25, -0.2) is 4.98 Å². The van der Waals surface area contributed by atoms with Crippen molar-refractivity contribution in [2.45, 2.75) is 26.2 Å².